The van der Waals surface area contributed by atoms with Crippen LogP contribution in [0.4, 0.5) is 0 Å². The van der Waals surface area contributed by atoms with Crippen LogP contribution in [0.5, 0.6) is 0 Å². The van der Waals surface area contributed by atoms with Crippen molar-refractivity contribution < 1.29 is 27.9 Å². The van der Waals surface area contributed by atoms with Crippen LogP contribution >= 0.6 is 34.5 Å². The second-order valence-electron chi connectivity index (χ2n) is 9.71. The molecule has 14 heteroatoms. The van der Waals surface area contributed by atoms with Crippen molar-refractivity contribution in [2.45, 2.75) is 23.4 Å². The molecule has 3 amide bonds. The molecule has 0 aliphatic carbocycles. The number of carbonyl (C=O) groups is 3. The first-order chi connectivity index (χ1) is 19.1. The number of aliphatic hydroxyl groups is 1. The molecular weight excluding hydrogens is 599 g/mol. The minimum absolute atomic E-state index is 0.118. The van der Waals surface area contributed by atoms with Gasteiger partial charge in [-0.3, -0.25) is 14.4 Å². The van der Waals surface area contributed by atoms with Crippen LogP contribution in [0.1, 0.15) is 16.1 Å². The number of fused-ring (bicyclic) bond motifs is 2. The number of carbonyl (C=O) groups excluding carboxylic acids is 3. The van der Waals surface area contributed by atoms with E-state index in [1.165, 1.54) is 34.4 Å². The van der Waals surface area contributed by atoms with Gasteiger partial charge in [-0.1, -0.05) is 41.4 Å². The molecule has 40 heavy (non-hydrogen) atoms. The summed E-state index contributed by atoms with van der Waals surface area (Å²) >= 11 is 13.2. The highest BCUT2D eigenvalue weighted by Gasteiger charge is 2.46. The van der Waals surface area contributed by atoms with Gasteiger partial charge in [-0.15, -0.1) is 11.3 Å². The van der Waals surface area contributed by atoms with Gasteiger partial charge in [-0.05, 0) is 42.1 Å². The molecule has 1 unspecified atom stereocenters. The van der Waals surface area contributed by atoms with Gasteiger partial charge in [-0.25, -0.2) is 8.42 Å². The van der Waals surface area contributed by atoms with Crippen LogP contribution < -0.4 is 10.0 Å². The smallest absolute Gasteiger partial charge is 0.261 e. The van der Waals surface area contributed by atoms with Crippen LogP contribution in [0.2, 0.25) is 10.0 Å². The third-order valence-electron chi connectivity index (χ3n) is 7.20. The molecule has 0 saturated carbocycles. The Labute approximate surface area is 244 Å². The van der Waals surface area contributed by atoms with E-state index in [0.29, 0.717) is 24.4 Å². The number of benzene rings is 2. The average molecular weight is 626 g/mol. The molecule has 0 spiro atoms. The van der Waals surface area contributed by atoms with Gasteiger partial charge < -0.3 is 20.2 Å². The normalized spacial score (nSPS) is 19.6. The topological polar surface area (TPSA) is 136 Å². The standard InChI is InChI=1S/C26H26Cl2N4O6S2/c27-17-5-6-23(18(28)10-17)40(37,38)30-19(14-33)26(36)31-8-7-16-12-32(20(16)13-31)24(34)11-29-25(35)22-9-15-3-1-2-4-21(15)39-22/h1-6,9-10,16,19-20,30,33H,7-8,11-14H2,(H,29,35)/t16?,19-,20-/m0/s1. The predicted octanol–water partition coefficient (Wildman–Crippen LogP) is 2.34. The van der Waals surface area contributed by atoms with E-state index in [1.807, 2.05) is 24.3 Å². The van der Waals surface area contributed by atoms with Gasteiger partial charge in [-0.2, -0.15) is 4.72 Å². The maximum atomic E-state index is 13.2. The summed E-state index contributed by atoms with van der Waals surface area (Å²) in [6, 6.07) is 11.6. The Bertz CT molecular complexity index is 1550. The molecule has 2 saturated heterocycles. The first-order valence-corrected chi connectivity index (χ1v) is 15.6. The maximum absolute atomic E-state index is 13.2. The minimum atomic E-state index is -4.24. The molecule has 3 aromatic rings. The zero-order chi connectivity index (χ0) is 28.6. The van der Waals surface area contributed by atoms with E-state index in [2.05, 4.69) is 10.0 Å². The summed E-state index contributed by atoms with van der Waals surface area (Å²) in [5, 5.41) is 13.6. The highest BCUT2D eigenvalue weighted by atomic mass is 35.5. The fourth-order valence-corrected chi connectivity index (χ4v) is 7.98. The van der Waals surface area contributed by atoms with Crippen LogP contribution in [0, 0.1) is 5.92 Å². The molecule has 0 bridgehead atoms. The lowest BCUT2D eigenvalue weighted by atomic mass is 9.82. The molecule has 212 valence electrons. The number of likely N-dealkylation sites (tertiary alicyclic amines) is 2. The molecule has 2 aliphatic heterocycles. The molecule has 10 nitrogen and oxygen atoms in total. The molecule has 1 aromatic heterocycles. The quantitative estimate of drug-likeness (QED) is 0.352. The molecule has 2 fully saturated rings. The van der Waals surface area contributed by atoms with Gasteiger partial charge in [0.25, 0.3) is 5.91 Å². The van der Waals surface area contributed by atoms with E-state index in [9.17, 15) is 27.9 Å². The highest BCUT2D eigenvalue weighted by molar-refractivity contribution is 7.89. The van der Waals surface area contributed by atoms with Crippen molar-refractivity contribution in [2.24, 2.45) is 5.92 Å². The average Bonchev–Trinajstić information content (AvgIpc) is 3.35. The first kappa shape index (κ1) is 28.8. The van der Waals surface area contributed by atoms with Crippen LogP contribution in [0.15, 0.2) is 53.4 Å². The molecule has 3 N–H and O–H groups in total. The van der Waals surface area contributed by atoms with Gasteiger partial charge in [0, 0.05) is 35.3 Å². The summed E-state index contributed by atoms with van der Waals surface area (Å²) in [6.07, 6.45) is 0.627. The summed E-state index contributed by atoms with van der Waals surface area (Å²) in [5.41, 5.74) is 0. The Kier molecular flexibility index (Phi) is 8.37. The van der Waals surface area contributed by atoms with E-state index >= 15 is 0 Å². The summed E-state index contributed by atoms with van der Waals surface area (Å²) in [6.45, 7) is 0.144. The number of hydrogen-bond acceptors (Lipinski definition) is 7. The number of nitrogens with zero attached hydrogens (tertiary/aromatic N) is 2. The molecule has 2 aliphatic rings. The van der Waals surface area contributed by atoms with Crippen molar-refractivity contribution in [1.29, 1.82) is 0 Å². The third-order valence-corrected chi connectivity index (χ3v) is 10.5. The van der Waals surface area contributed by atoms with Crippen LogP contribution in [-0.2, 0) is 19.6 Å². The van der Waals surface area contributed by atoms with E-state index in [1.54, 1.807) is 11.0 Å². The fraction of sp³-hybridized carbons (Fsp3) is 0.346. The Morgan fingerprint density at radius 3 is 2.60 bits per heavy atom. The first-order valence-electron chi connectivity index (χ1n) is 12.5. The Morgan fingerprint density at radius 1 is 1.10 bits per heavy atom. The van der Waals surface area contributed by atoms with Crippen molar-refractivity contribution in [3.63, 3.8) is 0 Å². The second-order valence-corrected chi connectivity index (χ2v) is 13.3. The number of thiophene rings is 1. The van der Waals surface area contributed by atoms with Gasteiger partial charge in [0.15, 0.2) is 0 Å². The maximum Gasteiger partial charge on any atom is 0.261 e. The SMILES string of the molecule is O=C(NCC(=O)N1CC2CCN(C(=O)[C@H](CO)NS(=O)(=O)c3ccc(Cl)cc3Cl)C[C@@H]21)c1cc2ccccc2s1. The number of rotatable bonds is 8. The number of halogens is 2. The number of sulfonamides is 1. The molecule has 5 rings (SSSR count). The predicted molar refractivity (Wildman–Crippen MR) is 152 cm³/mol. The zero-order valence-corrected chi connectivity index (χ0v) is 24.2. The summed E-state index contributed by atoms with van der Waals surface area (Å²) in [4.78, 5) is 42.1. The number of aliphatic hydroxyl groups excluding tert-OH is 1. The van der Waals surface area contributed by atoms with Crippen molar-refractivity contribution in [3.8, 4) is 0 Å². The van der Waals surface area contributed by atoms with Crippen molar-refractivity contribution in [2.75, 3.05) is 32.8 Å². The summed E-state index contributed by atoms with van der Waals surface area (Å²) < 4.78 is 28.9. The fourth-order valence-electron chi connectivity index (χ4n) is 5.05. The number of amides is 3. The van der Waals surface area contributed by atoms with Crippen molar-refractivity contribution >= 4 is 72.4 Å². The van der Waals surface area contributed by atoms with Gasteiger partial charge in [0.2, 0.25) is 21.8 Å². The lowest BCUT2D eigenvalue weighted by Gasteiger charge is -2.53. The number of piperidine rings is 1. The van der Waals surface area contributed by atoms with Crippen molar-refractivity contribution in [3.05, 3.63) is 63.5 Å². The Morgan fingerprint density at radius 2 is 1.88 bits per heavy atom. The van der Waals surface area contributed by atoms with Gasteiger partial charge in [0.05, 0.1) is 29.1 Å². The highest BCUT2D eigenvalue weighted by Crippen LogP contribution is 2.33. The molecule has 3 atom stereocenters. The van der Waals surface area contributed by atoms with Gasteiger partial charge >= 0.3 is 0 Å². The molecule has 2 aromatic carbocycles. The second kappa shape index (κ2) is 11.6. The van der Waals surface area contributed by atoms with E-state index in [0.717, 1.165) is 10.1 Å². The molecule has 0 radical (unpaired) electrons. The Balaban J connectivity index is 1.18. The third kappa shape index (κ3) is 5.83. The lowest BCUT2D eigenvalue weighted by molar-refractivity contribution is -0.153. The molecular formula is C26H26Cl2N4O6S2. The summed E-state index contributed by atoms with van der Waals surface area (Å²) in [7, 11) is -4.24. The van der Waals surface area contributed by atoms with Crippen LogP contribution in [0.3, 0.4) is 0 Å². The lowest BCUT2D eigenvalue weighted by Crippen LogP contribution is -2.68. The monoisotopic (exact) mass is 624 g/mol. The zero-order valence-electron chi connectivity index (χ0n) is 21.0. The number of hydrogen-bond donors (Lipinski definition) is 3. The summed E-state index contributed by atoms with van der Waals surface area (Å²) in [5.74, 6) is -0.997. The van der Waals surface area contributed by atoms with E-state index in [-0.39, 0.29) is 51.8 Å². The van der Waals surface area contributed by atoms with Crippen LogP contribution in [0.25, 0.3) is 10.1 Å². The van der Waals surface area contributed by atoms with Gasteiger partial charge in [0.1, 0.15) is 10.9 Å². The van der Waals surface area contributed by atoms with E-state index < -0.39 is 28.6 Å². The minimum Gasteiger partial charge on any atom is -0.394 e. The number of nitrogens with one attached hydrogen (secondary N) is 2. The largest absolute Gasteiger partial charge is 0.394 e. The molecule has 3 heterocycles. The van der Waals surface area contributed by atoms with Crippen LogP contribution in [-0.4, -0.2) is 85.9 Å². The van der Waals surface area contributed by atoms with Crippen molar-refractivity contribution in [1.82, 2.24) is 19.8 Å². The Hall–Kier alpha value is -2.74. The van der Waals surface area contributed by atoms with E-state index in [4.69, 9.17) is 23.2 Å².